The molecule has 1 atom stereocenters. The molecular weight excluding hydrogens is 342 g/mol. The van der Waals surface area contributed by atoms with Crippen molar-refractivity contribution in [1.82, 2.24) is 4.90 Å². The number of nitrogens with zero attached hydrogens (tertiary/aromatic N) is 2. The number of likely N-dealkylation sites (N-methyl/N-ethyl adjacent to an activating group) is 1. The number of amides is 3. The minimum Gasteiger partial charge on any atom is -0.322 e. The van der Waals surface area contributed by atoms with E-state index in [-0.39, 0.29) is 30.6 Å². The maximum Gasteiger partial charge on any atom is 0.271 e. The van der Waals surface area contributed by atoms with Gasteiger partial charge in [-0.15, -0.1) is 0 Å². The maximum atomic E-state index is 13.5. The fraction of sp³-hybridized carbons (Fsp3) is 0.286. The molecule has 2 heterocycles. The van der Waals surface area contributed by atoms with Gasteiger partial charge in [0.2, 0.25) is 11.6 Å². The molecule has 2 aromatic carbocycles. The zero-order valence-electron chi connectivity index (χ0n) is 15.4. The highest BCUT2D eigenvalue weighted by Gasteiger charge is 2.60. The molecule has 0 unspecified atom stereocenters. The van der Waals surface area contributed by atoms with Gasteiger partial charge in [0.15, 0.2) is 0 Å². The normalized spacial score (nSPS) is 21.1. The molecule has 27 heavy (non-hydrogen) atoms. The Balaban J connectivity index is 1.84. The van der Waals surface area contributed by atoms with Crippen molar-refractivity contribution >= 4 is 29.1 Å². The highest BCUT2D eigenvalue weighted by Crippen LogP contribution is 2.44. The first kappa shape index (κ1) is 17.3. The maximum absolute atomic E-state index is 13.5. The minimum absolute atomic E-state index is 0.146. The van der Waals surface area contributed by atoms with Crippen LogP contribution in [0.15, 0.2) is 48.5 Å². The number of carbonyl (C=O) groups excluding carboxylic acids is 3. The molecule has 0 aromatic heterocycles. The van der Waals surface area contributed by atoms with Crippen molar-refractivity contribution in [2.24, 2.45) is 0 Å². The van der Waals surface area contributed by atoms with Gasteiger partial charge in [-0.25, -0.2) is 0 Å². The summed E-state index contributed by atoms with van der Waals surface area (Å²) in [5.41, 5.74) is 1.29. The van der Waals surface area contributed by atoms with Crippen LogP contribution in [-0.4, -0.2) is 34.8 Å². The van der Waals surface area contributed by atoms with Gasteiger partial charge in [-0.3, -0.25) is 19.3 Å². The molecule has 0 spiro atoms. The van der Waals surface area contributed by atoms with Gasteiger partial charge >= 0.3 is 0 Å². The lowest BCUT2D eigenvalue weighted by Crippen LogP contribution is -2.69. The molecule has 2 aromatic rings. The predicted molar refractivity (Wildman–Crippen MR) is 102 cm³/mol. The van der Waals surface area contributed by atoms with E-state index in [0.29, 0.717) is 23.5 Å². The average molecular weight is 363 g/mol. The van der Waals surface area contributed by atoms with Crippen LogP contribution in [0.3, 0.4) is 0 Å². The number of fused-ring (bicyclic) bond motifs is 3. The Morgan fingerprint density at radius 1 is 1.15 bits per heavy atom. The van der Waals surface area contributed by atoms with Crippen molar-refractivity contribution in [3.63, 3.8) is 0 Å². The van der Waals surface area contributed by atoms with Crippen molar-refractivity contribution in [1.29, 1.82) is 0 Å². The van der Waals surface area contributed by atoms with E-state index in [1.807, 2.05) is 32.0 Å². The Hall–Kier alpha value is -3.15. The zero-order chi connectivity index (χ0) is 19.2. The van der Waals surface area contributed by atoms with Gasteiger partial charge in [0.1, 0.15) is 0 Å². The van der Waals surface area contributed by atoms with Crippen LogP contribution in [0, 0.1) is 6.92 Å². The second kappa shape index (κ2) is 6.23. The Labute approximate surface area is 157 Å². The van der Waals surface area contributed by atoms with E-state index in [0.717, 1.165) is 5.56 Å². The second-order valence-corrected chi connectivity index (χ2v) is 6.94. The summed E-state index contributed by atoms with van der Waals surface area (Å²) in [5.74, 6) is -0.727. The lowest BCUT2D eigenvalue weighted by atomic mass is 9.95. The third kappa shape index (κ3) is 2.44. The quantitative estimate of drug-likeness (QED) is 0.912. The Bertz CT molecular complexity index is 955. The Morgan fingerprint density at radius 3 is 2.67 bits per heavy atom. The molecule has 0 radical (unpaired) electrons. The predicted octanol–water partition coefficient (Wildman–Crippen LogP) is 2.93. The summed E-state index contributed by atoms with van der Waals surface area (Å²) in [4.78, 5) is 42.4. The van der Waals surface area contributed by atoms with Crippen LogP contribution in [0.4, 0.5) is 11.4 Å². The zero-order valence-corrected chi connectivity index (χ0v) is 15.4. The first-order chi connectivity index (χ1) is 13.0. The second-order valence-electron chi connectivity index (χ2n) is 6.94. The van der Waals surface area contributed by atoms with Crippen LogP contribution in [0.1, 0.15) is 35.7 Å². The molecule has 1 saturated heterocycles. The number of hydrogen-bond acceptors (Lipinski definition) is 3. The molecule has 138 valence electrons. The number of anilines is 2. The highest BCUT2D eigenvalue weighted by molar-refractivity contribution is 6.18. The molecule has 6 nitrogen and oxygen atoms in total. The Morgan fingerprint density at radius 2 is 1.93 bits per heavy atom. The van der Waals surface area contributed by atoms with E-state index < -0.39 is 5.66 Å². The van der Waals surface area contributed by atoms with Crippen LogP contribution < -0.4 is 10.2 Å². The number of rotatable bonds is 3. The van der Waals surface area contributed by atoms with Gasteiger partial charge in [-0.1, -0.05) is 24.3 Å². The monoisotopic (exact) mass is 363 g/mol. The Kier molecular flexibility index (Phi) is 3.98. The summed E-state index contributed by atoms with van der Waals surface area (Å²) in [7, 11) is 0. The summed E-state index contributed by atoms with van der Waals surface area (Å²) in [6.45, 7) is 4.10. The van der Waals surface area contributed by atoms with Gasteiger partial charge in [0, 0.05) is 25.1 Å². The van der Waals surface area contributed by atoms with Crippen LogP contribution >= 0.6 is 0 Å². The number of hydrogen-bond donors (Lipinski definition) is 1. The van der Waals surface area contributed by atoms with Crippen molar-refractivity contribution < 1.29 is 14.4 Å². The van der Waals surface area contributed by atoms with Crippen molar-refractivity contribution in [3.8, 4) is 0 Å². The average Bonchev–Trinajstić information content (AvgIpc) is 3.01. The lowest BCUT2D eigenvalue weighted by Gasteiger charge is -2.48. The molecule has 0 saturated carbocycles. The molecule has 6 heteroatoms. The SMILES string of the molecule is CCN1C(=O)c2ccccc2N2C(=O)CC[C@]12C(=O)Nc1cccc(C)c1. The fourth-order valence-corrected chi connectivity index (χ4v) is 4.16. The van der Waals surface area contributed by atoms with Gasteiger partial charge in [-0.05, 0) is 43.7 Å². The molecular formula is C21H21N3O3. The van der Waals surface area contributed by atoms with Crippen LogP contribution in [-0.2, 0) is 9.59 Å². The van der Waals surface area contributed by atoms with Crippen molar-refractivity contribution in [3.05, 3.63) is 59.7 Å². The molecule has 2 aliphatic rings. The fourth-order valence-electron chi connectivity index (χ4n) is 4.16. The molecule has 0 aliphatic carbocycles. The summed E-state index contributed by atoms with van der Waals surface area (Å²) in [6.07, 6.45) is 0.497. The van der Waals surface area contributed by atoms with Crippen LogP contribution in [0.2, 0.25) is 0 Å². The van der Waals surface area contributed by atoms with E-state index in [4.69, 9.17) is 0 Å². The molecule has 0 bridgehead atoms. The molecule has 1 fully saturated rings. The standard InChI is InChI=1S/C21H21N3O3/c1-3-23-19(26)16-9-4-5-10-17(16)24-18(25)11-12-21(23,24)20(27)22-15-8-6-7-14(2)13-15/h4-10,13H,3,11-12H2,1-2H3,(H,22,27)/t21-/m0/s1. The summed E-state index contributed by atoms with van der Waals surface area (Å²) in [6, 6.07) is 14.5. The number of para-hydroxylation sites is 1. The molecule has 2 aliphatic heterocycles. The summed E-state index contributed by atoms with van der Waals surface area (Å²) in [5, 5.41) is 2.92. The van der Waals surface area contributed by atoms with Crippen molar-refractivity contribution in [2.75, 3.05) is 16.8 Å². The largest absolute Gasteiger partial charge is 0.322 e. The summed E-state index contributed by atoms with van der Waals surface area (Å²) < 4.78 is 0. The first-order valence-corrected chi connectivity index (χ1v) is 9.11. The van der Waals surface area contributed by atoms with Gasteiger partial charge in [-0.2, -0.15) is 0 Å². The summed E-state index contributed by atoms with van der Waals surface area (Å²) >= 11 is 0. The molecule has 1 N–H and O–H groups in total. The molecule has 4 rings (SSSR count). The smallest absolute Gasteiger partial charge is 0.271 e. The van der Waals surface area contributed by atoms with E-state index in [1.165, 1.54) is 9.80 Å². The number of aryl methyl sites for hydroxylation is 1. The highest BCUT2D eigenvalue weighted by atomic mass is 16.2. The molecule has 3 amide bonds. The van der Waals surface area contributed by atoms with Crippen molar-refractivity contribution in [2.45, 2.75) is 32.4 Å². The van der Waals surface area contributed by atoms with E-state index in [2.05, 4.69) is 5.32 Å². The van der Waals surface area contributed by atoms with E-state index in [1.54, 1.807) is 30.3 Å². The van der Waals surface area contributed by atoms with Gasteiger partial charge in [0.25, 0.3) is 11.8 Å². The van der Waals surface area contributed by atoms with Gasteiger partial charge in [0.05, 0.1) is 11.3 Å². The topological polar surface area (TPSA) is 69.7 Å². The first-order valence-electron chi connectivity index (χ1n) is 9.11. The number of carbonyl (C=O) groups is 3. The minimum atomic E-state index is -1.33. The number of nitrogens with one attached hydrogen (secondary N) is 1. The van der Waals surface area contributed by atoms with Crippen LogP contribution in [0.5, 0.6) is 0 Å². The lowest BCUT2D eigenvalue weighted by molar-refractivity contribution is -0.128. The third-order valence-corrected chi connectivity index (χ3v) is 5.33. The number of benzene rings is 2. The van der Waals surface area contributed by atoms with E-state index >= 15 is 0 Å². The van der Waals surface area contributed by atoms with Gasteiger partial charge < -0.3 is 10.2 Å². The van der Waals surface area contributed by atoms with Crippen LogP contribution in [0.25, 0.3) is 0 Å². The van der Waals surface area contributed by atoms with E-state index in [9.17, 15) is 14.4 Å². The third-order valence-electron chi connectivity index (χ3n) is 5.33.